The third-order valence-electron chi connectivity index (χ3n) is 3.45. The monoisotopic (exact) mass is 263 g/mol. The first kappa shape index (κ1) is 13.3. The van der Waals surface area contributed by atoms with Crippen molar-refractivity contribution in [1.29, 1.82) is 0 Å². The first-order chi connectivity index (χ1) is 8.90. The van der Waals surface area contributed by atoms with Crippen LogP contribution < -0.4 is 5.32 Å². The molecule has 2 N–H and O–H groups in total. The van der Waals surface area contributed by atoms with Crippen LogP contribution in [0.25, 0.3) is 0 Å². The van der Waals surface area contributed by atoms with Crippen LogP contribution in [0.3, 0.4) is 0 Å². The second kappa shape index (κ2) is 4.87. The lowest BCUT2D eigenvalue weighted by molar-refractivity contribution is -0.140. The number of carboxylic acid groups (broad SMARTS) is 1. The Kier molecular flexibility index (Phi) is 3.42. The molecule has 2 atom stereocenters. The fourth-order valence-electron chi connectivity index (χ4n) is 2.33. The van der Waals surface area contributed by atoms with Gasteiger partial charge in [0.05, 0.1) is 17.2 Å². The number of nitrogens with one attached hydrogen (secondary N) is 1. The minimum absolute atomic E-state index is 0.205. The molecule has 6 heteroatoms. The van der Waals surface area contributed by atoms with Crippen molar-refractivity contribution in [2.45, 2.75) is 26.3 Å². The maximum Gasteiger partial charge on any atom is 0.310 e. The van der Waals surface area contributed by atoms with E-state index >= 15 is 0 Å². The maximum atomic E-state index is 12.2. The summed E-state index contributed by atoms with van der Waals surface area (Å²) in [6.45, 7) is 3.62. The van der Waals surface area contributed by atoms with Crippen LogP contribution in [0.5, 0.6) is 0 Å². The number of aromatic nitrogens is 2. The molecule has 0 spiro atoms. The van der Waals surface area contributed by atoms with Gasteiger partial charge in [-0.15, -0.1) is 0 Å². The zero-order valence-electron chi connectivity index (χ0n) is 11.2. The number of rotatable bonds is 3. The van der Waals surface area contributed by atoms with Crippen LogP contribution in [0.4, 0.5) is 0 Å². The molecule has 1 aliphatic carbocycles. The molecular formula is C13H17N3O3. The van der Waals surface area contributed by atoms with Crippen molar-refractivity contribution < 1.29 is 14.7 Å². The highest BCUT2D eigenvalue weighted by atomic mass is 16.4. The standard InChI is InChI=1S/C13H17N3O3/c1-7-11(8(2)16(3)15-7)12(17)14-10-5-4-9(6-10)13(18)19/h4-5,9-10H,6H2,1-3H3,(H,14,17)(H,18,19). The van der Waals surface area contributed by atoms with E-state index in [-0.39, 0.29) is 11.9 Å². The second-order valence-corrected chi connectivity index (χ2v) is 4.81. The van der Waals surface area contributed by atoms with Gasteiger partial charge in [0.25, 0.3) is 5.91 Å². The molecule has 0 bridgehead atoms. The molecule has 0 saturated heterocycles. The van der Waals surface area contributed by atoms with Crippen molar-refractivity contribution in [3.63, 3.8) is 0 Å². The predicted molar refractivity (Wildman–Crippen MR) is 68.8 cm³/mol. The van der Waals surface area contributed by atoms with Crippen molar-refractivity contribution >= 4 is 11.9 Å². The normalized spacial score (nSPS) is 21.6. The van der Waals surface area contributed by atoms with E-state index in [2.05, 4.69) is 10.4 Å². The Morgan fingerprint density at radius 1 is 1.42 bits per heavy atom. The van der Waals surface area contributed by atoms with Gasteiger partial charge in [-0.05, 0) is 20.3 Å². The molecule has 1 heterocycles. The molecule has 0 aromatic carbocycles. The van der Waals surface area contributed by atoms with Crippen molar-refractivity contribution in [3.8, 4) is 0 Å². The number of hydrogen-bond acceptors (Lipinski definition) is 3. The quantitative estimate of drug-likeness (QED) is 0.790. The molecular weight excluding hydrogens is 246 g/mol. The van der Waals surface area contributed by atoms with Crippen molar-refractivity contribution in [2.75, 3.05) is 0 Å². The molecule has 6 nitrogen and oxygen atoms in total. The van der Waals surface area contributed by atoms with E-state index in [1.54, 1.807) is 30.8 Å². The molecule has 2 unspecified atom stereocenters. The van der Waals surface area contributed by atoms with Gasteiger partial charge in [0.1, 0.15) is 0 Å². The van der Waals surface area contributed by atoms with Gasteiger partial charge in [-0.2, -0.15) is 5.10 Å². The Bertz CT molecular complexity index is 560. The van der Waals surface area contributed by atoms with Gasteiger partial charge in [-0.3, -0.25) is 14.3 Å². The van der Waals surface area contributed by atoms with Gasteiger partial charge in [0.2, 0.25) is 0 Å². The number of aryl methyl sites for hydroxylation is 2. The first-order valence-electron chi connectivity index (χ1n) is 6.12. The Balaban J connectivity index is 2.07. The van der Waals surface area contributed by atoms with E-state index in [4.69, 9.17) is 5.11 Å². The lowest BCUT2D eigenvalue weighted by Gasteiger charge is -2.12. The first-order valence-corrected chi connectivity index (χ1v) is 6.12. The smallest absolute Gasteiger partial charge is 0.310 e. The Morgan fingerprint density at radius 3 is 2.58 bits per heavy atom. The predicted octanol–water partition coefficient (Wildman–Crippen LogP) is 0.796. The van der Waals surface area contributed by atoms with E-state index in [0.29, 0.717) is 17.7 Å². The highest BCUT2D eigenvalue weighted by Crippen LogP contribution is 2.19. The highest BCUT2D eigenvalue weighted by molar-refractivity contribution is 5.96. The summed E-state index contributed by atoms with van der Waals surface area (Å²) in [7, 11) is 1.79. The summed E-state index contributed by atoms with van der Waals surface area (Å²) in [5.41, 5.74) is 2.04. The Labute approximate surface area is 111 Å². The minimum Gasteiger partial charge on any atom is -0.481 e. The average Bonchev–Trinajstić information content (AvgIpc) is 2.85. The number of carbonyl (C=O) groups is 2. The fraction of sp³-hybridized carbons (Fsp3) is 0.462. The van der Waals surface area contributed by atoms with Gasteiger partial charge in [-0.1, -0.05) is 12.2 Å². The third-order valence-corrected chi connectivity index (χ3v) is 3.45. The van der Waals surface area contributed by atoms with Crippen LogP contribution >= 0.6 is 0 Å². The van der Waals surface area contributed by atoms with Crippen molar-refractivity contribution in [1.82, 2.24) is 15.1 Å². The second-order valence-electron chi connectivity index (χ2n) is 4.81. The molecule has 1 aromatic heterocycles. The molecule has 0 saturated carbocycles. The number of aliphatic carboxylic acids is 1. The molecule has 0 radical (unpaired) electrons. The molecule has 1 aromatic rings. The lowest BCUT2D eigenvalue weighted by Crippen LogP contribution is -2.33. The van der Waals surface area contributed by atoms with Gasteiger partial charge in [0, 0.05) is 18.8 Å². The van der Waals surface area contributed by atoms with Gasteiger partial charge in [-0.25, -0.2) is 0 Å². The van der Waals surface area contributed by atoms with E-state index in [1.165, 1.54) is 0 Å². The molecule has 2 rings (SSSR count). The SMILES string of the molecule is Cc1nn(C)c(C)c1C(=O)NC1C=CC(C(=O)O)C1. The van der Waals surface area contributed by atoms with Crippen LogP contribution in [0.2, 0.25) is 0 Å². The maximum absolute atomic E-state index is 12.2. The zero-order valence-corrected chi connectivity index (χ0v) is 11.2. The number of amides is 1. The van der Waals surface area contributed by atoms with Crippen LogP contribution in [-0.4, -0.2) is 32.8 Å². The number of nitrogens with zero attached hydrogens (tertiary/aromatic N) is 2. The summed E-state index contributed by atoms with van der Waals surface area (Å²) in [5, 5.41) is 15.9. The molecule has 1 aliphatic rings. The number of carboxylic acids is 1. The zero-order chi connectivity index (χ0) is 14.2. The molecule has 19 heavy (non-hydrogen) atoms. The van der Waals surface area contributed by atoms with Crippen LogP contribution in [-0.2, 0) is 11.8 Å². The van der Waals surface area contributed by atoms with Gasteiger partial charge >= 0.3 is 5.97 Å². The van der Waals surface area contributed by atoms with E-state index in [1.807, 2.05) is 6.92 Å². The van der Waals surface area contributed by atoms with Gasteiger partial charge < -0.3 is 10.4 Å². The summed E-state index contributed by atoms with van der Waals surface area (Å²) in [6.07, 6.45) is 3.76. The van der Waals surface area contributed by atoms with Crippen LogP contribution in [0.1, 0.15) is 28.2 Å². The third kappa shape index (κ3) is 2.52. The summed E-state index contributed by atoms with van der Waals surface area (Å²) < 4.78 is 1.66. The summed E-state index contributed by atoms with van der Waals surface area (Å²) >= 11 is 0. The summed E-state index contributed by atoms with van der Waals surface area (Å²) in [6, 6.07) is -0.229. The minimum atomic E-state index is -0.860. The Hall–Kier alpha value is -2.11. The number of hydrogen-bond donors (Lipinski definition) is 2. The summed E-state index contributed by atoms with van der Waals surface area (Å²) in [4.78, 5) is 23.0. The number of carbonyl (C=O) groups excluding carboxylic acids is 1. The highest BCUT2D eigenvalue weighted by Gasteiger charge is 2.27. The lowest BCUT2D eigenvalue weighted by atomic mass is 10.1. The van der Waals surface area contributed by atoms with E-state index < -0.39 is 11.9 Å². The van der Waals surface area contributed by atoms with Crippen molar-refractivity contribution in [2.24, 2.45) is 13.0 Å². The molecule has 0 aliphatic heterocycles. The molecule has 0 fully saturated rings. The molecule has 102 valence electrons. The fourth-order valence-corrected chi connectivity index (χ4v) is 2.33. The topological polar surface area (TPSA) is 84.2 Å². The van der Waals surface area contributed by atoms with E-state index in [0.717, 1.165) is 5.69 Å². The van der Waals surface area contributed by atoms with Gasteiger partial charge in [0.15, 0.2) is 0 Å². The molecule has 1 amide bonds. The summed E-state index contributed by atoms with van der Waals surface area (Å²) in [5.74, 6) is -1.58. The van der Waals surface area contributed by atoms with Crippen LogP contribution in [0, 0.1) is 19.8 Å². The van der Waals surface area contributed by atoms with E-state index in [9.17, 15) is 9.59 Å². The van der Waals surface area contributed by atoms with Crippen LogP contribution in [0.15, 0.2) is 12.2 Å². The van der Waals surface area contributed by atoms with Crippen molar-refractivity contribution in [3.05, 3.63) is 29.1 Å². The largest absolute Gasteiger partial charge is 0.481 e. The average molecular weight is 263 g/mol. The Morgan fingerprint density at radius 2 is 2.11 bits per heavy atom.